The molecule has 0 aliphatic heterocycles. The molecule has 0 heterocycles. The third-order valence-electron chi connectivity index (χ3n) is 5.59. The molecule has 0 spiro atoms. The fourth-order valence-electron chi connectivity index (χ4n) is 3.86. The van der Waals surface area contributed by atoms with Gasteiger partial charge in [-0.3, -0.25) is 0 Å². The maximum atomic E-state index is 14.6. The maximum absolute atomic E-state index is 14.6. The molecule has 0 atom stereocenters. The van der Waals surface area contributed by atoms with Crippen molar-refractivity contribution < 1.29 is 4.39 Å². The highest BCUT2D eigenvalue weighted by atomic mass is 19.1. The monoisotopic (exact) mass is 310 g/mol. The minimum Gasteiger partial charge on any atom is -0.206 e. The van der Waals surface area contributed by atoms with Crippen LogP contribution in [-0.4, -0.2) is 0 Å². The van der Waals surface area contributed by atoms with Crippen LogP contribution < -0.4 is 0 Å². The van der Waals surface area contributed by atoms with E-state index in [1.165, 1.54) is 31.2 Å². The lowest BCUT2D eigenvalue weighted by Crippen LogP contribution is -2.10. The van der Waals surface area contributed by atoms with Crippen LogP contribution in [0.25, 0.3) is 11.1 Å². The van der Waals surface area contributed by atoms with Crippen LogP contribution in [-0.2, 0) is 6.42 Å². The van der Waals surface area contributed by atoms with Crippen molar-refractivity contribution in [1.82, 2.24) is 0 Å². The van der Waals surface area contributed by atoms with Gasteiger partial charge in [0.2, 0.25) is 0 Å². The van der Waals surface area contributed by atoms with Gasteiger partial charge in [0, 0.05) is 5.56 Å². The van der Waals surface area contributed by atoms with E-state index >= 15 is 0 Å². The zero-order valence-electron chi connectivity index (χ0n) is 14.5. The molecule has 1 aliphatic rings. The summed E-state index contributed by atoms with van der Waals surface area (Å²) in [5, 5.41) is 0. The van der Waals surface area contributed by atoms with Crippen molar-refractivity contribution in [3.63, 3.8) is 0 Å². The van der Waals surface area contributed by atoms with Crippen LogP contribution in [0.1, 0.15) is 62.1 Å². The number of benzene rings is 2. The molecule has 0 nitrogen and oxygen atoms in total. The minimum absolute atomic E-state index is 0.0661. The molecule has 0 N–H and O–H groups in total. The Labute approximate surface area is 139 Å². The summed E-state index contributed by atoms with van der Waals surface area (Å²) in [5.41, 5.74) is 5.02. The number of halogens is 1. The highest BCUT2D eigenvalue weighted by Gasteiger charge is 2.19. The number of hydrogen-bond acceptors (Lipinski definition) is 0. The molecule has 0 saturated heterocycles. The van der Waals surface area contributed by atoms with Gasteiger partial charge in [0.1, 0.15) is 5.82 Å². The molecule has 1 aliphatic carbocycles. The number of rotatable bonds is 3. The van der Waals surface area contributed by atoms with Gasteiger partial charge in [0.05, 0.1) is 0 Å². The second-order valence-corrected chi connectivity index (χ2v) is 7.14. The summed E-state index contributed by atoms with van der Waals surface area (Å²) in [7, 11) is 0. The van der Waals surface area contributed by atoms with Crippen LogP contribution in [0.5, 0.6) is 0 Å². The van der Waals surface area contributed by atoms with E-state index in [-0.39, 0.29) is 5.82 Å². The molecule has 0 bridgehead atoms. The molecule has 0 amide bonds. The average molecular weight is 310 g/mol. The summed E-state index contributed by atoms with van der Waals surface area (Å²) in [4.78, 5) is 0. The van der Waals surface area contributed by atoms with E-state index in [1.54, 1.807) is 0 Å². The molecule has 0 unspecified atom stereocenters. The largest absolute Gasteiger partial charge is 0.206 e. The average Bonchev–Trinajstić information content (AvgIpc) is 2.58. The lowest BCUT2D eigenvalue weighted by molar-refractivity contribution is 0.348. The molecule has 1 saturated carbocycles. The third kappa shape index (κ3) is 3.34. The molecule has 122 valence electrons. The van der Waals surface area contributed by atoms with E-state index in [4.69, 9.17) is 0 Å². The second kappa shape index (κ2) is 6.86. The predicted molar refractivity (Wildman–Crippen MR) is 96.3 cm³/mol. The zero-order chi connectivity index (χ0) is 16.4. The molecule has 1 heteroatoms. The van der Waals surface area contributed by atoms with Gasteiger partial charge in [0.25, 0.3) is 0 Å². The van der Waals surface area contributed by atoms with Crippen LogP contribution in [0, 0.1) is 18.7 Å². The van der Waals surface area contributed by atoms with Gasteiger partial charge < -0.3 is 0 Å². The molecule has 2 aromatic rings. The fourth-order valence-corrected chi connectivity index (χ4v) is 3.86. The van der Waals surface area contributed by atoms with Gasteiger partial charge in [-0.15, -0.1) is 0 Å². The quantitative estimate of drug-likeness (QED) is 0.595. The Hall–Kier alpha value is -1.63. The van der Waals surface area contributed by atoms with E-state index in [0.29, 0.717) is 5.92 Å². The lowest BCUT2D eigenvalue weighted by atomic mass is 9.79. The highest BCUT2D eigenvalue weighted by molar-refractivity contribution is 5.66. The highest BCUT2D eigenvalue weighted by Crippen LogP contribution is 2.36. The van der Waals surface area contributed by atoms with E-state index < -0.39 is 0 Å². The fraction of sp³-hybridized carbons (Fsp3) is 0.455. The number of aryl methyl sites for hydroxylation is 1. The van der Waals surface area contributed by atoms with Crippen LogP contribution in [0.2, 0.25) is 0 Å². The van der Waals surface area contributed by atoms with E-state index in [0.717, 1.165) is 34.6 Å². The normalized spacial score (nSPS) is 21.4. The SMILES string of the molecule is CCc1ccc(-c2ccc(C3CCC(C)CC3)cc2)c(F)c1C. The van der Waals surface area contributed by atoms with Gasteiger partial charge in [-0.05, 0) is 60.3 Å². The standard InChI is InChI=1S/C22H27F/c1-4-17-13-14-21(22(23)16(17)3)20-11-9-19(10-12-20)18-7-5-15(2)6-8-18/h9-15,18H,4-8H2,1-3H3. The topological polar surface area (TPSA) is 0 Å². The van der Waals surface area contributed by atoms with Crippen molar-refractivity contribution in [1.29, 1.82) is 0 Å². The molecule has 3 rings (SSSR count). The van der Waals surface area contributed by atoms with Crippen molar-refractivity contribution in [2.24, 2.45) is 5.92 Å². The van der Waals surface area contributed by atoms with E-state index in [1.807, 2.05) is 13.0 Å². The Balaban J connectivity index is 1.84. The van der Waals surface area contributed by atoms with Crippen molar-refractivity contribution in [2.45, 2.75) is 58.8 Å². The van der Waals surface area contributed by atoms with E-state index in [2.05, 4.69) is 44.2 Å². The molecular weight excluding hydrogens is 283 g/mol. The summed E-state index contributed by atoms with van der Waals surface area (Å²) in [6.45, 7) is 6.31. The molecule has 2 aromatic carbocycles. The van der Waals surface area contributed by atoms with Crippen LogP contribution in [0.3, 0.4) is 0 Å². The first-order valence-corrected chi connectivity index (χ1v) is 8.98. The second-order valence-electron chi connectivity index (χ2n) is 7.14. The smallest absolute Gasteiger partial charge is 0.134 e. The molecular formula is C22H27F. The first-order chi connectivity index (χ1) is 11.1. The van der Waals surface area contributed by atoms with Gasteiger partial charge in [-0.2, -0.15) is 0 Å². The van der Waals surface area contributed by atoms with Gasteiger partial charge in [0.15, 0.2) is 0 Å². The zero-order valence-corrected chi connectivity index (χ0v) is 14.5. The predicted octanol–water partition coefficient (Wildman–Crippen LogP) is 6.66. The Morgan fingerprint density at radius 1 is 0.957 bits per heavy atom. The molecule has 0 aromatic heterocycles. The van der Waals surface area contributed by atoms with Crippen LogP contribution in [0.4, 0.5) is 4.39 Å². The van der Waals surface area contributed by atoms with Crippen molar-refractivity contribution in [3.8, 4) is 11.1 Å². The molecule has 1 fully saturated rings. The van der Waals surface area contributed by atoms with Crippen molar-refractivity contribution in [3.05, 3.63) is 58.9 Å². The first-order valence-electron chi connectivity index (χ1n) is 8.98. The van der Waals surface area contributed by atoms with E-state index in [9.17, 15) is 4.39 Å². The Kier molecular flexibility index (Phi) is 4.84. The maximum Gasteiger partial charge on any atom is 0.134 e. The molecule has 23 heavy (non-hydrogen) atoms. The first kappa shape index (κ1) is 16.2. The summed E-state index contributed by atoms with van der Waals surface area (Å²) in [6.07, 6.45) is 6.12. The van der Waals surface area contributed by atoms with Crippen LogP contribution in [0.15, 0.2) is 36.4 Å². The summed E-state index contributed by atoms with van der Waals surface area (Å²) in [5.74, 6) is 1.50. The summed E-state index contributed by atoms with van der Waals surface area (Å²) in [6, 6.07) is 12.6. The summed E-state index contributed by atoms with van der Waals surface area (Å²) >= 11 is 0. The molecule has 0 radical (unpaired) electrons. The van der Waals surface area contributed by atoms with Crippen molar-refractivity contribution in [2.75, 3.05) is 0 Å². The Bertz CT molecular complexity index is 661. The minimum atomic E-state index is -0.0661. The number of hydrogen-bond donors (Lipinski definition) is 0. The summed E-state index contributed by atoms with van der Waals surface area (Å²) < 4.78 is 14.6. The van der Waals surface area contributed by atoms with Crippen molar-refractivity contribution >= 4 is 0 Å². The van der Waals surface area contributed by atoms with Crippen LogP contribution >= 0.6 is 0 Å². The van der Waals surface area contributed by atoms with Gasteiger partial charge in [-0.1, -0.05) is 63.1 Å². The Morgan fingerprint density at radius 3 is 2.22 bits per heavy atom. The Morgan fingerprint density at radius 2 is 1.61 bits per heavy atom. The lowest BCUT2D eigenvalue weighted by Gasteiger charge is -2.26. The van der Waals surface area contributed by atoms with Gasteiger partial charge >= 0.3 is 0 Å². The third-order valence-corrected chi connectivity index (χ3v) is 5.59. The van der Waals surface area contributed by atoms with Gasteiger partial charge in [-0.25, -0.2) is 4.39 Å².